The minimum atomic E-state index is -0.506. The highest BCUT2D eigenvalue weighted by Crippen LogP contribution is 2.16. The number of amides is 1. The fraction of sp³-hybridized carbons (Fsp3) is 0.429. The van der Waals surface area contributed by atoms with Crippen molar-refractivity contribution in [1.82, 2.24) is 4.90 Å². The normalized spacial score (nSPS) is 11.9. The second kappa shape index (κ2) is 7.46. The molecular formula is C14H19FN4O. The number of nitriles is 1. The maximum atomic E-state index is 13.0. The van der Waals surface area contributed by atoms with Crippen molar-refractivity contribution < 1.29 is 9.18 Å². The van der Waals surface area contributed by atoms with Crippen LogP contribution in [0.4, 0.5) is 15.8 Å². The highest BCUT2D eigenvalue weighted by molar-refractivity contribution is 5.91. The molecule has 0 spiro atoms. The van der Waals surface area contributed by atoms with Crippen molar-refractivity contribution in [1.29, 1.82) is 5.26 Å². The minimum absolute atomic E-state index is 0.00256. The molecule has 0 bridgehead atoms. The lowest BCUT2D eigenvalue weighted by Gasteiger charge is -2.17. The first-order chi connectivity index (χ1) is 9.42. The predicted octanol–water partition coefficient (Wildman–Crippen LogP) is 1.83. The Balaban J connectivity index is 2.40. The van der Waals surface area contributed by atoms with Crippen molar-refractivity contribution in [3.63, 3.8) is 0 Å². The molecule has 1 rings (SSSR count). The Labute approximate surface area is 118 Å². The average Bonchev–Trinajstić information content (AvgIpc) is 2.40. The SMILES string of the molecule is CC(C#N)CN(C)CCC(=O)Nc1ccc(F)c(N)c1. The first-order valence-corrected chi connectivity index (χ1v) is 6.35. The zero-order chi connectivity index (χ0) is 15.1. The van der Waals surface area contributed by atoms with E-state index in [-0.39, 0.29) is 17.5 Å². The Morgan fingerprint density at radius 3 is 2.90 bits per heavy atom. The summed E-state index contributed by atoms with van der Waals surface area (Å²) in [6.45, 7) is 3.00. The Kier molecular flexibility index (Phi) is 5.94. The number of hydrogen-bond donors (Lipinski definition) is 2. The molecular weight excluding hydrogens is 259 g/mol. The maximum absolute atomic E-state index is 13.0. The van der Waals surface area contributed by atoms with Gasteiger partial charge in [-0.2, -0.15) is 5.26 Å². The highest BCUT2D eigenvalue weighted by Gasteiger charge is 2.09. The van der Waals surface area contributed by atoms with E-state index < -0.39 is 5.82 Å². The van der Waals surface area contributed by atoms with Crippen LogP contribution >= 0.6 is 0 Å². The summed E-state index contributed by atoms with van der Waals surface area (Å²) in [5.74, 6) is -0.749. The van der Waals surface area contributed by atoms with Gasteiger partial charge in [-0.15, -0.1) is 0 Å². The van der Waals surface area contributed by atoms with Crippen molar-refractivity contribution in [3.05, 3.63) is 24.0 Å². The van der Waals surface area contributed by atoms with Crippen molar-refractivity contribution in [2.24, 2.45) is 5.92 Å². The lowest BCUT2D eigenvalue weighted by Crippen LogP contribution is -2.28. The van der Waals surface area contributed by atoms with Crippen LogP contribution < -0.4 is 11.1 Å². The molecule has 0 aromatic heterocycles. The molecule has 0 aliphatic rings. The number of hydrogen-bond acceptors (Lipinski definition) is 4. The molecule has 0 heterocycles. The molecule has 0 saturated heterocycles. The van der Waals surface area contributed by atoms with Gasteiger partial charge in [-0.05, 0) is 32.2 Å². The first-order valence-electron chi connectivity index (χ1n) is 6.35. The summed E-state index contributed by atoms with van der Waals surface area (Å²) in [5.41, 5.74) is 5.90. The molecule has 3 N–H and O–H groups in total. The quantitative estimate of drug-likeness (QED) is 0.778. The van der Waals surface area contributed by atoms with Crippen molar-refractivity contribution in [2.45, 2.75) is 13.3 Å². The number of anilines is 2. The van der Waals surface area contributed by atoms with Crippen LogP contribution in [0, 0.1) is 23.1 Å². The lowest BCUT2D eigenvalue weighted by molar-refractivity contribution is -0.116. The van der Waals surface area contributed by atoms with Gasteiger partial charge in [0, 0.05) is 25.2 Å². The number of nitrogens with one attached hydrogen (secondary N) is 1. The molecule has 1 amide bonds. The van der Waals surface area contributed by atoms with Crippen LogP contribution in [-0.2, 0) is 4.79 Å². The van der Waals surface area contributed by atoms with Gasteiger partial charge in [0.1, 0.15) is 5.82 Å². The highest BCUT2D eigenvalue weighted by atomic mass is 19.1. The van der Waals surface area contributed by atoms with Gasteiger partial charge in [-0.1, -0.05) is 0 Å². The van der Waals surface area contributed by atoms with Gasteiger partial charge in [0.25, 0.3) is 0 Å². The molecule has 5 nitrogen and oxygen atoms in total. The average molecular weight is 278 g/mol. The van der Waals surface area contributed by atoms with Crippen LogP contribution in [0.3, 0.4) is 0 Å². The number of carbonyl (C=O) groups is 1. The van der Waals surface area contributed by atoms with Gasteiger partial charge >= 0.3 is 0 Å². The van der Waals surface area contributed by atoms with Crippen LogP contribution in [0.2, 0.25) is 0 Å². The molecule has 0 aliphatic heterocycles. The topological polar surface area (TPSA) is 82.2 Å². The Morgan fingerprint density at radius 2 is 2.30 bits per heavy atom. The van der Waals surface area contributed by atoms with Crippen LogP contribution in [0.15, 0.2) is 18.2 Å². The molecule has 1 unspecified atom stereocenters. The van der Waals surface area contributed by atoms with Crippen LogP contribution in [-0.4, -0.2) is 30.9 Å². The zero-order valence-electron chi connectivity index (χ0n) is 11.7. The number of halogens is 1. The monoisotopic (exact) mass is 278 g/mol. The molecule has 0 saturated carbocycles. The summed E-state index contributed by atoms with van der Waals surface area (Å²) in [6.07, 6.45) is 0.298. The minimum Gasteiger partial charge on any atom is -0.396 e. The molecule has 1 aromatic rings. The van der Waals surface area contributed by atoms with E-state index in [4.69, 9.17) is 11.0 Å². The predicted molar refractivity (Wildman–Crippen MR) is 76.3 cm³/mol. The Hall–Kier alpha value is -2.13. The van der Waals surface area contributed by atoms with Crippen LogP contribution in [0.5, 0.6) is 0 Å². The molecule has 108 valence electrons. The maximum Gasteiger partial charge on any atom is 0.225 e. The van der Waals surface area contributed by atoms with Crippen LogP contribution in [0.1, 0.15) is 13.3 Å². The fourth-order valence-corrected chi connectivity index (χ4v) is 1.74. The standard InChI is InChI=1S/C14H19FN4O/c1-10(8-16)9-19(2)6-5-14(20)18-11-3-4-12(15)13(17)7-11/h3-4,7,10H,5-6,9,17H2,1-2H3,(H,18,20). The van der Waals surface area contributed by atoms with Gasteiger partial charge in [0.2, 0.25) is 5.91 Å². The van der Waals surface area contributed by atoms with Crippen molar-refractivity contribution >= 4 is 17.3 Å². The van der Waals surface area contributed by atoms with E-state index in [2.05, 4.69) is 11.4 Å². The number of rotatable bonds is 6. The third-order valence-electron chi connectivity index (χ3n) is 2.81. The third-order valence-corrected chi connectivity index (χ3v) is 2.81. The molecule has 0 radical (unpaired) electrons. The van der Waals surface area contributed by atoms with E-state index in [0.29, 0.717) is 25.2 Å². The summed E-state index contributed by atoms with van der Waals surface area (Å²) < 4.78 is 13.0. The van der Waals surface area contributed by atoms with E-state index >= 15 is 0 Å². The van der Waals surface area contributed by atoms with Gasteiger partial charge in [-0.25, -0.2) is 4.39 Å². The van der Waals surface area contributed by atoms with Crippen molar-refractivity contribution in [2.75, 3.05) is 31.2 Å². The zero-order valence-corrected chi connectivity index (χ0v) is 11.7. The Bertz CT molecular complexity index is 512. The molecule has 1 aromatic carbocycles. The van der Waals surface area contributed by atoms with Crippen LogP contribution in [0.25, 0.3) is 0 Å². The summed E-state index contributed by atoms with van der Waals surface area (Å²) in [4.78, 5) is 13.7. The number of carbonyl (C=O) groups excluding carboxylic acids is 1. The van der Waals surface area contributed by atoms with Gasteiger partial charge in [-0.3, -0.25) is 4.79 Å². The van der Waals surface area contributed by atoms with E-state index in [9.17, 15) is 9.18 Å². The second-order valence-corrected chi connectivity index (χ2v) is 4.83. The first kappa shape index (κ1) is 15.9. The summed E-state index contributed by atoms with van der Waals surface area (Å²) in [5, 5.41) is 11.4. The summed E-state index contributed by atoms with van der Waals surface area (Å²) in [7, 11) is 1.86. The van der Waals surface area contributed by atoms with Gasteiger partial charge in [0.15, 0.2) is 0 Å². The summed E-state index contributed by atoms with van der Waals surface area (Å²) >= 11 is 0. The number of nitrogen functional groups attached to an aromatic ring is 1. The van der Waals surface area contributed by atoms with E-state index in [0.717, 1.165) is 0 Å². The smallest absolute Gasteiger partial charge is 0.225 e. The number of nitrogens with zero attached hydrogens (tertiary/aromatic N) is 2. The lowest BCUT2D eigenvalue weighted by atomic mass is 10.2. The van der Waals surface area contributed by atoms with Gasteiger partial charge in [0.05, 0.1) is 17.7 Å². The van der Waals surface area contributed by atoms with E-state index in [1.165, 1.54) is 18.2 Å². The van der Waals surface area contributed by atoms with E-state index in [1.54, 1.807) is 0 Å². The number of benzene rings is 1. The third kappa shape index (κ3) is 5.24. The van der Waals surface area contributed by atoms with Gasteiger partial charge < -0.3 is 16.0 Å². The summed E-state index contributed by atoms with van der Waals surface area (Å²) in [6, 6.07) is 6.20. The number of nitrogens with two attached hydrogens (primary N) is 1. The molecule has 6 heteroatoms. The molecule has 1 atom stereocenters. The largest absolute Gasteiger partial charge is 0.396 e. The van der Waals surface area contributed by atoms with E-state index in [1.807, 2.05) is 18.9 Å². The molecule has 20 heavy (non-hydrogen) atoms. The Morgan fingerprint density at radius 1 is 1.60 bits per heavy atom. The fourth-order valence-electron chi connectivity index (χ4n) is 1.74. The second-order valence-electron chi connectivity index (χ2n) is 4.83. The van der Waals surface area contributed by atoms with Crippen molar-refractivity contribution in [3.8, 4) is 6.07 Å². The molecule has 0 aliphatic carbocycles. The molecule has 0 fully saturated rings.